The molecular weight excluding hydrogens is 288 g/mol. The first-order valence-corrected chi connectivity index (χ1v) is 7.22. The lowest BCUT2D eigenvalue weighted by Crippen LogP contribution is -2.26. The standard InChI is InChI=1S/C16H26O6/c1-15(2,3)11(17)9-13(19)21-7-8-22-14(20)10-12(18)16(4,5)6/h7-10H2,1-6H3. The Bertz CT molecular complexity index is 395. The Morgan fingerprint density at radius 3 is 1.14 bits per heavy atom. The van der Waals surface area contributed by atoms with Gasteiger partial charge in [-0.15, -0.1) is 0 Å². The van der Waals surface area contributed by atoms with Gasteiger partial charge in [-0.1, -0.05) is 41.5 Å². The van der Waals surface area contributed by atoms with Crippen LogP contribution < -0.4 is 0 Å². The summed E-state index contributed by atoms with van der Waals surface area (Å²) in [6.45, 7) is 10.0. The highest BCUT2D eigenvalue weighted by Gasteiger charge is 2.25. The first kappa shape index (κ1) is 20.3. The van der Waals surface area contributed by atoms with E-state index in [0.29, 0.717) is 0 Å². The summed E-state index contributed by atoms with van der Waals surface area (Å²) >= 11 is 0. The minimum Gasteiger partial charge on any atom is -0.462 e. The first-order chi connectivity index (χ1) is 9.84. The van der Waals surface area contributed by atoms with Gasteiger partial charge in [-0.3, -0.25) is 19.2 Å². The van der Waals surface area contributed by atoms with Crippen LogP contribution in [0.1, 0.15) is 54.4 Å². The molecule has 0 bridgehead atoms. The average molecular weight is 314 g/mol. The topological polar surface area (TPSA) is 86.7 Å². The number of esters is 2. The Hall–Kier alpha value is -1.72. The second-order valence-corrected chi connectivity index (χ2v) is 7.14. The number of carbonyl (C=O) groups excluding carboxylic acids is 4. The number of carbonyl (C=O) groups is 4. The van der Waals surface area contributed by atoms with Crippen LogP contribution in [0.5, 0.6) is 0 Å². The van der Waals surface area contributed by atoms with Crippen molar-refractivity contribution in [3.63, 3.8) is 0 Å². The maximum absolute atomic E-state index is 11.6. The third kappa shape index (κ3) is 8.54. The molecule has 0 rings (SSSR count). The number of ether oxygens (including phenoxy) is 2. The van der Waals surface area contributed by atoms with E-state index >= 15 is 0 Å². The van der Waals surface area contributed by atoms with Gasteiger partial charge < -0.3 is 9.47 Å². The molecule has 0 saturated carbocycles. The van der Waals surface area contributed by atoms with Gasteiger partial charge in [-0.25, -0.2) is 0 Å². The molecule has 0 unspecified atom stereocenters. The van der Waals surface area contributed by atoms with Gasteiger partial charge in [-0.2, -0.15) is 0 Å². The third-order valence-corrected chi connectivity index (χ3v) is 2.89. The Labute approximate surface area is 131 Å². The van der Waals surface area contributed by atoms with E-state index in [0.717, 1.165) is 0 Å². The zero-order valence-corrected chi connectivity index (χ0v) is 14.3. The fraction of sp³-hybridized carbons (Fsp3) is 0.750. The van der Waals surface area contributed by atoms with Crippen LogP contribution in [-0.4, -0.2) is 36.7 Å². The molecular formula is C16H26O6. The van der Waals surface area contributed by atoms with Crippen molar-refractivity contribution in [1.82, 2.24) is 0 Å². The largest absolute Gasteiger partial charge is 0.462 e. The van der Waals surface area contributed by atoms with E-state index in [1.165, 1.54) is 0 Å². The summed E-state index contributed by atoms with van der Waals surface area (Å²) in [5, 5.41) is 0. The summed E-state index contributed by atoms with van der Waals surface area (Å²) in [4.78, 5) is 46.0. The summed E-state index contributed by atoms with van der Waals surface area (Å²) in [6, 6.07) is 0. The van der Waals surface area contributed by atoms with Crippen LogP contribution in [0.25, 0.3) is 0 Å². The molecule has 0 aliphatic rings. The fourth-order valence-corrected chi connectivity index (χ4v) is 1.21. The van der Waals surface area contributed by atoms with Crippen LogP contribution in [0, 0.1) is 10.8 Å². The molecule has 0 aliphatic heterocycles. The smallest absolute Gasteiger partial charge is 0.313 e. The molecule has 6 heteroatoms. The molecule has 0 amide bonds. The monoisotopic (exact) mass is 314 g/mol. The number of rotatable bonds is 7. The lowest BCUT2D eigenvalue weighted by molar-refractivity contribution is -0.155. The molecule has 0 atom stereocenters. The maximum atomic E-state index is 11.6. The van der Waals surface area contributed by atoms with Crippen molar-refractivity contribution in [2.75, 3.05) is 13.2 Å². The van der Waals surface area contributed by atoms with Gasteiger partial charge in [-0.05, 0) is 0 Å². The van der Waals surface area contributed by atoms with E-state index in [9.17, 15) is 19.2 Å². The van der Waals surface area contributed by atoms with Gasteiger partial charge in [0.05, 0.1) is 0 Å². The zero-order valence-electron chi connectivity index (χ0n) is 14.3. The van der Waals surface area contributed by atoms with E-state index in [4.69, 9.17) is 9.47 Å². The average Bonchev–Trinajstić information content (AvgIpc) is 2.32. The predicted octanol–water partition coefficient (Wildman–Crippen LogP) is 2.08. The SMILES string of the molecule is CC(C)(C)C(=O)CC(=O)OCCOC(=O)CC(=O)C(C)(C)C. The summed E-state index contributed by atoms with van der Waals surface area (Å²) in [5.41, 5.74) is -1.20. The van der Waals surface area contributed by atoms with Crippen molar-refractivity contribution >= 4 is 23.5 Å². The van der Waals surface area contributed by atoms with Gasteiger partial charge in [0.15, 0.2) is 0 Å². The molecule has 0 aromatic carbocycles. The van der Waals surface area contributed by atoms with Crippen molar-refractivity contribution < 1.29 is 28.7 Å². The predicted molar refractivity (Wildman–Crippen MR) is 80.1 cm³/mol. The second kappa shape index (κ2) is 8.06. The van der Waals surface area contributed by atoms with Crippen LogP contribution in [0.4, 0.5) is 0 Å². The van der Waals surface area contributed by atoms with Crippen LogP contribution in [0.3, 0.4) is 0 Å². The van der Waals surface area contributed by atoms with Crippen LogP contribution in [0.15, 0.2) is 0 Å². The van der Waals surface area contributed by atoms with Gasteiger partial charge in [0, 0.05) is 10.8 Å². The van der Waals surface area contributed by atoms with Crippen molar-refractivity contribution in [1.29, 1.82) is 0 Å². The minimum atomic E-state index is -0.651. The van der Waals surface area contributed by atoms with E-state index < -0.39 is 22.8 Å². The highest BCUT2D eigenvalue weighted by molar-refractivity contribution is 5.98. The molecule has 6 nitrogen and oxygen atoms in total. The van der Waals surface area contributed by atoms with E-state index in [2.05, 4.69) is 0 Å². The van der Waals surface area contributed by atoms with Crippen molar-refractivity contribution in [2.45, 2.75) is 54.4 Å². The molecule has 0 N–H and O–H groups in total. The first-order valence-electron chi connectivity index (χ1n) is 7.22. The molecule has 0 fully saturated rings. The Morgan fingerprint density at radius 1 is 0.636 bits per heavy atom. The molecule has 0 heterocycles. The number of Topliss-reactive ketones (excluding diaryl/α,β-unsaturated/α-hetero) is 2. The van der Waals surface area contributed by atoms with Crippen LogP contribution in [-0.2, 0) is 28.7 Å². The van der Waals surface area contributed by atoms with Gasteiger partial charge in [0.25, 0.3) is 0 Å². The quantitative estimate of drug-likeness (QED) is 0.406. The van der Waals surface area contributed by atoms with E-state index in [1.807, 2.05) is 0 Å². The van der Waals surface area contributed by atoms with Crippen LogP contribution in [0.2, 0.25) is 0 Å². The molecule has 0 saturated heterocycles. The van der Waals surface area contributed by atoms with E-state index in [1.54, 1.807) is 41.5 Å². The summed E-state index contributed by atoms with van der Waals surface area (Å²) in [5.74, 6) is -1.74. The summed E-state index contributed by atoms with van der Waals surface area (Å²) in [6.07, 6.45) is -0.611. The van der Waals surface area contributed by atoms with Crippen molar-refractivity contribution in [3.8, 4) is 0 Å². The number of hydrogen-bond donors (Lipinski definition) is 0. The molecule has 126 valence electrons. The molecule has 0 aromatic heterocycles. The Morgan fingerprint density at radius 2 is 0.909 bits per heavy atom. The molecule has 0 aliphatic carbocycles. The summed E-state index contributed by atoms with van der Waals surface area (Å²) in [7, 11) is 0. The number of hydrogen-bond acceptors (Lipinski definition) is 6. The van der Waals surface area contributed by atoms with Crippen LogP contribution >= 0.6 is 0 Å². The molecule has 0 radical (unpaired) electrons. The summed E-state index contributed by atoms with van der Waals surface area (Å²) < 4.78 is 9.62. The normalized spacial score (nSPS) is 11.7. The zero-order chi connectivity index (χ0) is 17.6. The Kier molecular flexibility index (Phi) is 7.43. The maximum Gasteiger partial charge on any atom is 0.313 e. The van der Waals surface area contributed by atoms with E-state index in [-0.39, 0.29) is 37.6 Å². The lowest BCUT2D eigenvalue weighted by atomic mass is 9.89. The second-order valence-electron chi connectivity index (χ2n) is 7.14. The highest BCUT2D eigenvalue weighted by Crippen LogP contribution is 2.17. The lowest BCUT2D eigenvalue weighted by Gasteiger charge is -2.16. The Balaban J connectivity index is 3.94. The van der Waals surface area contributed by atoms with Gasteiger partial charge in [0.2, 0.25) is 0 Å². The number of ketones is 2. The molecule has 22 heavy (non-hydrogen) atoms. The molecule has 0 aromatic rings. The minimum absolute atomic E-state index is 0.133. The highest BCUT2D eigenvalue weighted by atomic mass is 16.6. The molecule has 0 spiro atoms. The van der Waals surface area contributed by atoms with Gasteiger partial charge in [0.1, 0.15) is 37.6 Å². The van der Waals surface area contributed by atoms with Crippen molar-refractivity contribution in [2.24, 2.45) is 10.8 Å². The fourth-order valence-electron chi connectivity index (χ4n) is 1.21. The third-order valence-electron chi connectivity index (χ3n) is 2.89. The van der Waals surface area contributed by atoms with Crippen molar-refractivity contribution in [3.05, 3.63) is 0 Å². The van der Waals surface area contributed by atoms with Gasteiger partial charge >= 0.3 is 11.9 Å².